The molecule has 0 radical (unpaired) electrons. The van der Waals surface area contributed by atoms with E-state index in [4.69, 9.17) is 14.2 Å². The normalized spacial score (nSPS) is 16.2. The lowest BCUT2D eigenvalue weighted by Gasteiger charge is -2.33. The maximum Gasteiger partial charge on any atom is 0.336 e. The molecule has 2 atom stereocenters. The molecule has 0 fully saturated rings. The Morgan fingerprint density at radius 3 is 1.79 bits per heavy atom. The van der Waals surface area contributed by atoms with Crippen LogP contribution in [0.1, 0.15) is 135 Å². The molecule has 2 unspecified atom stereocenters. The van der Waals surface area contributed by atoms with Crippen LogP contribution in [0.15, 0.2) is 22.3 Å². The minimum absolute atomic E-state index is 0.0384. The van der Waals surface area contributed by atoms with E-state index in [0.29, 0.717) is 12.1 Å². The van der Waals surface area contributed by atoms with Crippen LogP contribution in [0.5, 0.6) is 5.75 Å². The summed E-state index contributed by atoms with van der Waals surface area (Å²) in [5, 5.41) is 24.9. The number of carbonyl (C=O) groups excluding carboxylic acids is 2. The number of hydrogen-bond acceptors (Lipinski definition) is 10. The van der Waals surface area contributed by atoms with E-state index in [2.05, 4.69) is 11.9 Å². The topological polar surface area (TPSA) is 160 Å². The van der Waals surface area contributed by atoms with E-state index in [0.717, 1.165) is 31.7 Å². The first-order valence-corrected chi connectivity index (χ1v) is 17.0. The van der Waals surface area contributed by atoms with Gasteiger partial charge in [-0.05, 0) is 40.5 Å². The number of nitro benzene ring substituents is 2. The molecule has 0 bridgehead atoms. The molecule has 1 aromatic carbocycles. The average molecular weight is 660 g/mol. The van der Waals surface area contributed by atoms with Gasteiger partial charge in [-0.25, -0.2) is 4.79 Å². The second kappa shape index (κ2) is 19.7. The molecule has 0 spiro atoms. The van der Waals surface area contributed by atoms with Crippen molar-refractivity contribution in [2.24, 2.45) is 10.9 Å². The van der Waals surface area contributed by atoms with E-state index in [1.54, 1.807) is 27.7 Å². The molecule has 0 amide bonds. The van der Waals surface area contributed by atoms with Crippen molar-refractivity contribution >= 4 is 29.0 Å². The summed E-state index contributed by atoms with van der Waals surface area (Å²) in [5.41, 5.74) is -0.374. The minimum atomic E-state index is -1.24. The van der Waals surface area contributed by atoms with Crippen LogP contribution in [-0.4, -0.2) is 47.8 Å². The van der Waals surface area contributed by atoms with Crippen molar-refractivity contribution in [3.05, 3.63) is 48.7 Å². The maximum atomic E-state index is 13.3. The van der Waals surface area contributed by atoms with Crippen molar-refractivity contribution in [1.29, 1.82) is 0 Å². The zero-order chi connectivity index (χ0) is 35.1. The van der Waals surface area contributed by atoms with E-state index in [-0.39, 0.29) is 34.6 Å². The van der Waals surface area contributed by atoms with Gasteiger partial charge in [0, 0.05) is 28.5 Å². The van der Waals surface area contributed by atoms with Crippen LogP contribution >= 0.6 is 0 Å². The average Bonchev–Trinajstić information content (AvgIpc) is 3.01. The molecule has 1 aromatic rings. The largest absolute Gasteiger partial charge is 0.484 e. The van der Waals surface area contributed by atoms with E-state index >= 15 is 0 Å². The second-order valence-electron chi connectivity index (χ2n) is 12.5. The lowest BCUT2D eigenvalue weighted by atomic mass is 9.72. The second-order valence-corrected chi connectivity index (χ2v) is 12.5. The number of allylic oxidation sites excluding steroid dienone is 1. The number of aliphatic imine (C=N–C) groups is 1. The van der Waals surface area contributed by atoms with Crippen LogP contribution in [0.2, 0.25) is 0 Å². The van der Waals surface area contributed by atoms with E-state index in [9.17, 15) is 29.8 Å². The highest BCUT2D eigenvalue weighted by Gasteiger charge is 2.47. The van der Waals surface area contributed by atoms with Crippen LogP contribution in [0.3, 0.4) is 0 Å². The predicted octanol–water partition coefficient (Wildman–Crippen LogP) is 8.72. The van der Waals surface area contributed by atoms with Crippen molar-refractivity contribution in [3.8, 4) is 5.75 Å². The van der Waals surface area contributed by atoms with Gasteiger partial charge in [0.25, 0.3) is 5.69 Å². The third kappa shape index (κ3) is 10.9. The number of unbranched alkanes of at least 4 members (excludes halogenated alkanes) is 12. The van der Waals surface area contributed by atoms with Gasteiger partial charge < -0.3 is 14.2 Å². The molecule has 0 N–H and O–H groups in total. The Bertz CT molecular complexity index is 1320. The van der Waals surface area contributed by atoms with E-state index < -0.39 is 51.1 Å². The fourth-order valence-electron chi connectivity index (χ4n) is 6.42. The maximum absolute atomic E-state index is 13.3. The molecule has 0 aromatic heterocycles. The van der Waals surface area contributed by atoms with Crippen molar-refractivity contribution in [1.82, 2.24) is 0 Å². The number of esters is 2. The number of nitrogens with zero attached hydrogens (tertiary/aromatic N) is 3. The summed E-state index contributed by atoms with van der Waals surface area (Å²) in [6, 6.07) is 0.921. The van der Waals surface area contributed by atoms with Gasteiger partial charge >= 0.3 is 17.6 Å². The van der Waals surface area contributed by atoms with Gasteiger partial charge in [-0.1, -0.05) is 84.0 Å². The Labute approximate surface area is 278 Å². The van der Waals surface area contributed by atoms with Crippen molar-refractivity contribution in [2.75, 3.05) is 14.2 Å². The molecule has 0 saturated carbocycles. The van der Waals surface area contributed by atoms with Crippen molar-refractivity contribution in [3.63, 3.8) is 0 Å². The van der Waals surface area contributed by atoms with Crippen molar-refractivity contribution in [2.45, 2.75) is 137 Å². The van der Waals surface area contributed by atoms with Gasteiger partial charge in [0.15, 0.2) is 0 Å². The molecule has 1 aliphatic rings. The van der Waals surface area contributed by atoms with Crippen LogP contribution in [-0.2, 0) is 25.5 Å². The van der Waals surface area contributed by atoms with Crippen LogP contribution in [0.4, 0.5) is 11.4 Å². The SMILES string of the molecule is CCCCCCCCCCCCCCCc1c([N+](=O)[O-])cc([N+](=O)[O-])c(OC(C)C)c1C1C(C(=O)OC)=C(C)N=C(C)C1C(=O)OC. The smallest absolute Gasteiger partial charge is 0.336 e. The lowest BCUT2D eigenvalue weighted by Crippen LogP contribution is -2.37. The van der Waals surface area contributed by atoms with Gasteiger partial charge in [0.05, 0.1) is 41.8 Å². The summed E-state index contributed by atoms with van der Waals surface area (Å²) in [5.74, 6) is -4.23. The fraction of sp³-hybridized carbons (Fsp3) is 0.686. The highest BCUT2D eigenvalue weighted by atomic mass is 16.6. The molecule has 0 saturated heterocycles. The lowest BCUT2D eigenvalue weighted by molar-refractivity contribution is -0.395. The molecule has 1 aliphatic heterocycles. The molecule has 0 aliphatic carbocycles. The zero-order valence-corrected chi connectivity index (χ0v) is 29.2. The van der Waals surface area contributed by atoms with Gasteiger partial charge in [-0.15, -0.1) is 0 Å². The first-order valence-electron chi connectivity index (χ1n) is 17.0. The van der Waals surface area contributed by atoms with Gasteiger partial charge in [0.1, 0.15) is 5.92 Å². The van der Waals surface area contributed by atoms with Crippen LogP contribution in [0, 0.1) is 26.1 Å². The summed E-state index contributed by atoms with van der Waals surface area (Å²) >= 11 is 0. The summed E-state index contributed by atoms with van der Waals surface area (Å²) in [4.78, 5) is 54.5. The Kier molecular flexibility index (Phi) is 16.5. The molecular weight excluding hydrogens is 606 g/mol. The molecule has 262 valence electrons. The van der Waals surface area contributed by atoms with Gasteiger partial charge in [0.2, 0.25) is 5.75 Å². The van der Waals surface area contributed by atoms with Crippen LogP contribution in [0.25, 0.3) is 0 Å². The van der Waals surface area contributed by atoms with Gasteiger partial charge in [-0.3, -0.25) is 30.0 Å². The number of carbonyl (C=O) groups is 2. The molecule has 12 heteroatoms. The van der Waals surface area contributed by atoms with Gasteiger partial charge in [-0.2, -0.15) is 0 Å². The van der Waals surface area contributed by atoms with Crippen LogP contribution < -0.4 is 4.74 Å². The number of hydrogen-bond donors (Lipinski definition) is 0. The summed E-state index contributed by atoms with van der Waals surface area (Å²) in [6.45, 7) is 8.73. The molecule has 47 heavy (non-hydrogen) atoms. The Balaban J connectivity index is 2.52. The number of ether oxygens (including phenoxy) is 3. The number of nitro groups is 2. The summed E-state index contributed by atoms with van der Waals surface area (Å²) < 4.78 is 16.2. The highest BCUT2D eigenvalue weighted by molar-refractivity contribution is 6.07. The van der Waals surface area contributed by atoms with E-state index in [1.165, 1.54) is 65.6 Å². The quantitative estimate of drug-likeness (QED) is 0.0544. The summed E-state index contributed by atoms with van der Waals surface area (Å²) in [7, 11) is 2.36. The highest BCUT2D eigenvalue weighted by Crippen LogP contribution is 2.51. The predicted molar refractivity (Wildman–Crippen MR) is 181 cm³/mol. The molecular formula is C35H53N3O9. The number of benzene rings is 1. The summed E-state index contributed by atoms with van der Waals surface area (Å²) in [6.07, 6.45) is 14.2. The minimum Gasteiger partial charge on any atom is -0.484 e. The molecule has 12 nitrogen and oxygen atoms in total. The fourth-order valence-corrected chi connectivity index (χ4v) is 6.42. The third-order valence-electron chi connectivity index (χ3n) is 8.66. The third-order valence-corrected chi connectivity index (χ3v) is 8.66. The zero-order valence-electron chi connectivity index (χ0n) is 29.2. The molecule has 1 heterocycles. The standard InChI is InChI=1S/C35H53N3O9/c1-8-9-10-11-12-13-14-15-16-17-18-19-20-21-26-27(37(41)42)22-28(38(43)44)33(47-23(2)3)31(26)32-29(34(39)45-6)24(4)36-25(5)30(32)35(40)46-7/h22-23,29,32H,8-21H2,1-7H3. The van der Waals surface area contributed by atoms with E-state index in [1.807, 2.05) is 0 Å². The first-order chi connectivity index (χ1) is 22.4. The number of methoxy groups -OCH3 is 2. The Morgan fingerprint density at radius 2 is 1.34 bits per heavy atom. The number of rotatable bonds is 21. The monoisotopic (exact) mass is 659 g/mol. The molecule has 2 rings (SSSR count). The Morgan fingerprint density at radius 1 is 0.830 bits per heavy atom. The Hall–Kier alpha value is -3.83. The van der Waals surface area contributed by atoms with Crippen molar-refractivity contribution < 1.29 is 33.6 Å². The first kappa shape index (κ1) is 39.3.